The van der Waals surface area contributed by atoms with Gasteiger partial charge in [-0.05, 0) is 37.9 Å². The van der Waals surface area contributed by atoms with Crippen molar-refractivity contribution in [2.75, 3.05) is 12.0 Å². The molecular formula is C10H15S. The minimum absolute atomic E-state index is 0.956. The van der Waals surface area contributed by atoms with Gasteiger partial charge in [0.25, 0.3) is 0 Å². The Morgan fingerprint density at radius 3 is 3.00 bits per heavy atom. The van der Waals surface area contributed by atoms with E-state index in [-0.39, 0.29) is 0 Å². The van der Waals surface area contributed by atoms with Crippen LogP contribution in [0.2, 0.25) is 0 Å². The van der Waals surface area contributed by atoms with Crippen molar-refractivity contribution < 1.29 is 0 Å². The van der Waals surface area contributed by atoms with Crippen LogP contribution in [0.3, 0.4) is 0 Å². The van der Waals surface area contributed by atoms with Gasteiger partial charge in [0.1, 0.15) is 0 Å². The largest absolute Gasteiger partial charge is 0.152 e. The van der Waals surface area contributed by atoms with Gasteiger partial charge in [0.15, 0.2) is 0 Å². The third-order valence-corrected chi connectivity index (χ3v) is 2.22. The first-order chi connectivity index (χ1) is 5.43. The lowest BCUT2D eigenvalue weighted by molar-refractivity contribution is 0.697. The molecule has 1 aliphatic rings. The maximum atomic E-state index is 3.18. The summed E-state index contributed by atoms with van der Waals surface area (Å²) < 4.78 is 0. The summed E-state index contributed by atoms with van der Waals surface area (Å²) in [5, 5.41) is 0. The van der Waals surface area contributed by atoms with E-state index in [1.807, 2.05) is 0 Å². The Kier molecular flexibility index (Phi) is 4.54. The average Bonchev–Trinajstić information content (AvgIpc) is 2.80. The van der Waals surface area contributed by atoms with E-state index in [0.717, 1.165) is 18.1 Å². The predicted octanol–water partition coefficient (Wildman–Crippen LogP) is 2.75. The second-order valence-corrected chi connectivity index (χ2v) is 3.78. The van der Waals surface area contributed by atoms with Crippen molar-refractivity contribution in [3.8, 4) is 11.8 Å². The Bertz CT molecular complexity index is 148. The van der Waals surface area contributed by atoms with Crippen LogP contribution in [0.1, 0.15) is 25.7 Å². The van der Waals surface area contributed by atoms with Crippen molar-refractivity contribution >= 4 is 11.8 Å². The fourth-order valence-corrected chi connectivity index (χ4v) is 1.24. The van der Waals surface area contributed by atoms with Crippen molar-refractivity contribution in [2.24, 2.45) is 5.92 Å². The van der Waals surface area contributed by atoms with E-state index < -0.39 is 0 Å². The topological polar surface area (TPSA) is 0 Å². The summed E-state index contributed by atoms with van der Waals surface area (Å²) >= 11 is 1.80. The lowest BCUT2D eigenvalue weighted by Crippen LogP contribution is -1.76. The smallest absolute Gasteiger partial charge is 0.0544 e. The van der Waals surface area contributed by atoms with E-state index in [4.69, 9.17) is 0 Å². The molecule has 1 rings (SSSR count). The zero-order valence-corrected chi connectivity index (χ0v) is 7.91. The third kappa shape index (κ3) is 5.21. The molecule has 1 atom stereocenters. The molecule has 61 valence electrons. The van der Waals surface area contributed by atoms with Crippen molar-refractivity contribution in [3.05, 3.63) is 6.42 Å². The Labute approximate surface area is 74.1 Å². The molecule has 0 N–H and O–H groups in total. The molecule has 1 aliphatic carbocycles. The first-order valence-corrected chi connectivity index (χ1v) is 5.61. The van der Waals surface area contributed by atoms with E-state index in [9.17, 15) is 0 Å². The summed E-state index contributed by atoms with van der Waals surface area (Å²) in [6.45, 7) is 0. The highest BCUT2D eigenvalue weighted by molar-refractivity contribution is 7.98. The predicted molar refractivity (Wildman–Crippen MR) is 52.4 cm³/mol. The highest BCUT2D eigenvalue weighted by Gasteiger charge is 2.20. The highest BCUT2D eigenvalue weighted by Crippen LogP contribution is 2.32. The number of hydrogen-bond donors (Lipinski definition) is 0. The van der Waals surface area contributed by atoms with E-state index >= 15 is 0 Å². The van der Waals surface area contributed by atoms with E-state index in [1.165, 1.54) is 19.3 Å². The first-order valence-electron chi connectivity index (χ1n) is 4.21. The molecule has 1 fully saturated rings. The van der Waals surface area contributed by atoms with Crippen LogP contribution in [0.15, 0.2) is 0 Å². The van der Waals surface area contributed by atoms with Gasteiger partial charge in [-0.3, -0.25) is 0 Å². The molecule has 1 saturated carbocycles. The minimum atomic E-state index is 0.956. The summed E-state index contributed by atoms with van der Waals surface area (Å²) in [6, 6.07) is 0. The van der Waals surface area contributed by atoms with Crippen LogP contribution in [0.4, 0.5) is 0 Å². The highest BCUT2D eigenvalue weighted by atomic mass is 32.2. The van der Waals surface area contributed by atoms with Crippen molar-refractivity contribution in [2.45, 2.75) is 25.7 Å². The van der Waals surface area contributed by atoms with Gasteiger partial charge in [-0.15, -0.1) is 5.92 Å². The number of rotatable bonds is 4. The van der Waals surface area contributed by atoms with Crippen LogP contribution in [-0.2, 0) is 0 Å². The average molecular weight is 167 g/mol. The van der Waals surface area contributed by atoms with Crippen LogP contribution in [0.5, 0.6) is 0 Å². The van der Waals surface area contributed by atoms with Crippen LogP contribution in [-0.4, -0.2) is 12.0 Å². The summed E-state index contributed by atoms with van der Waals surface area (Å²) in [4.78, 5) is 0. The summed E-state index contributed by atoms with van der Waals surface area (Å²) in [7, 11) is 0. The Morgan fingerprint density at radius 2 is 2.36 bits per heavy atom. The summed E-state index contributed by atoms with van der Waals surface area (Å²) in [6.07, 6.45) is 9.60. The molecule has 0 bridgehead atoms. The first kappa shape index (κ1) is 9.00. The Balaban J connectivity index is 1.83. The molecule has 11 heavy (non-hydrogen) atoms. The van der Waals surface area contributed by atoms with Gasteiger partial charge < -0.3 is 0 Å². The van der Waals surface area contributed by atoms with Crippen molar-refractivity contribution in [3.63, 3.8) is 0 Å². The molecule has 0 aliphatic heterocycles. The molecule has 1 unspecified atom stereocenters. The SMILES string of the molecule is CSCC#CCCCC1[CH]C1. The van der Waals surface area contributed by atoms with Gasteiger partial charge >= 0.3 is 0 Å². The lowest BCUT2D eigenvalue weighted by atomic mass is 10.2. The van der Waals surface area contributed by atoms with Gasteiger partial charge in [-0.1, -0.05) is 5.92 Å². The molecule has 1 radical (unpaired) electrons. The summed E-state index contributed by atoms with van der Waals surface area (Å²) in [5.74, 6) is 8.27. The lowest BCUT2D eigenvalue weighted by Gasteiger charge is -1.89. The van der Waals surface area contributed by atoms with Gasteiger partial charge in [-0.2, -0.15) is 11.8 Å². The maximum Gasteiger partial charge on any atom is 0.0544 e. The number of hydrogen-bond acceptors (Lipinski definition) is 1. The van der Waals surface area contributed by atoms with E-state index in [1.54, 1.807) is 11.8 Å². The monoisotopic (exact) mass is 167 g/mol. The van der Waals surface area contributed by atoms with Gasteiger partial charge in [0.2, 0.25) is 0 Å². The van der Waals surface area contributed by atoms with Gasteiger partial charge in [0.05, 0.1) is 5.75 Å². The van der Waals surface area contributed by atoms with Gasteiger partial charge in [-0.25, -0.2) is 0 Å². The zero-order chi connectivity index (χ0) is 7.94. The number of thioether (sulfide) groups is 1. The fourth-order valence-electron chi connectivity index (χ4n) is 0.996. The Hall–Kier alpha value is -0.0900. The van der Waals surface area contributed by atoms with Crippen LogP contribution < -0.4 is 0 Å². The van der Waals surface area contributed by atoms with Crippen molar-refractivity contribution in [1.82, 2.24) is 0 Å². The van der Waals surface area contributed by atoms with Crippen LogP contribution >= 0.6 is 11.8 Å². The molecule has 1 heteroatoms. The standard InChI is InChI=1S/C10H15S/c1-11-9-5-3-2-4-6-10-7-8-10/h7,10H,2,4,6,8-9H2,1H3. The molecule has 0 aromatic rings. The summed E-state index contributed by atoms with van der Waals surface area (Å²) in [5.41, 5.74) is 0. The second-order valence-electron chi connectivity index (χ2n) is 2.91. The molecule has 0 heterocycles. The third-order valence-electron chi connectivity index (χ3n) is 1.79. The van der Waals surface area contributed by atoms with Crippen LogP contribution in [0.25, 0.3) is 0 Å². The number of unbranched alkanes of at least 4 members (excludes halogenated alkanes) is 1. The van der Waals surface area contributed by atoms with E-state index in [0.29, 0.717) is 0 Å². The molecule has 0 aromatic heterocycles. The molecule has 0 spiro atoms. The molecule has 0 saturated heterocycles. The maximum absolute atomic E-state index is 3.18. The fraction of sp³-hybridized carbons (Fsp3) is 0.700. The quantitative estimate of drug-likeness (QED) is 0.458. The zero-order valence-electron chi connectivity index (χ0n) is 7.10. The van der Waals surface area contributed by atoms with E-state index in [2.05, 4.69) is 24.5 Å². The molecule has 0 aromatic carbocycles. The minimum Gasteiger partial charge on any atom is -0.152 e. The Morgan fingerprint density at radius 1 is 1.55 bits per heavy atom. The molecule has 0 amide bonds. The molecular weight excluding hydrogens is 152 g/mol. The van der Waals surface area contributed by atoms with Crippen LogP contribution in [0, 0.1) is 24.2 Å². The van der Waals surface area contributed by atoms with Crippen molar-refractivity contribution in [1.29, 1.82) is 0 Å². The molecule has 0 nitrogen and oxygen atoms in total. The second kappa shape index (κ2) is 5.55. The normalized spacial score (nSPS) is 15.7. The van der Waals surface area contributed by atoms with Gasteiger partial charge in [0, 0.05) is 6.42 Å².